The van der Waals surface area contributed by atoms with Crippen molar-refractivity contribution in [3.63, 3.8) is 0 Å². The number of sulfonamides is 1. The number of nitrogens with zero attached hydrogens (tertiary/aromatic N) is 2. The molecular weight excluding hydrogens is 546 g/mol. The minimum atomic E-state index is -3.85. The van der Waals surface area contributed by atoms with Gasteiger partial charge in [-0.05, 0) is 67.6 Å². The van der Waals surface area contributed by atoms with Gasteiger partial charge in [-0.15, -0.1) is 0 Å². The first kappa shape index (κ1) is 31.2. The second-order valence-electron chi connectivity index (χ2n) is 10.2. The molecule has 1 N–H and O–H groups in total. The highest BCUT2D eigenvalue weighted by Gasteiger charge is 2.34. The van der Waals surface area contributed by atoms with Crippen LogP contribution in [0.5, 0.6) is 0 Å². The van der Waals surface area contributed by atoms with E-state index in [1.807, 2.05) is 75.4 Å². The minimum absolute atomic E-state index is 0.0922. The van der Waals surface area contributed by atoms with E-state index in [1.54, 1.807) is 25.1 Å². The fraction of sp³-hybridized carbons (Fsp3) is 0.355. The van der Waals surface area contributed by atoms with Crippen molar-refractivity contribution in [1.29, 1.82) is 0 Å². The number of benzene rings is 3. The molecule has 2 amide bonds. The lowest BCUT2D eigenvalue weighted by Crippen LogP contribution is -2.54. The average molecular weight is 584 g/mol. The number of hydrogen-bond acceptors (Lipinski definition) is 4. The Labute approximate surface area is 243 Å². The molecule has 2 atom stereocenters. The number of aryl methyl sites for hydroxylation is 2. The van der Waals surface area contributed by atoms with Crippen LogP contribution in [0.4, 0.5) is 5.69 Å². The molecule has 0 fully saturated rings. The Kier molecular flexibility index (Phi) is 10.8. The van der Waals surface area contributed by atoms with Gasteiger partial charge in [0.05, 0.1) is 11.9 Å². The smallest absolute Gasteiger partial charge is 0.244 e. The average Bonchev–Trinajstić information content (AvgIpc) is 2.90. The monoisotopic (exact) mass is 583 g/mol. The van der Waals surface area contributed by atoms with Gasteiger partial charge in [-0.2, -0.15) is 0 Å². The summed E-state index contributed by atoms with van der Waals surface area (Å²) in [6, 6.07) is 21.1. The summed E-state index contributed by atoms with van der Waals surface area (Å²) in [4.78, 5) is 29.4. The molecule has 0 heterocycles. The lowest BCUT2D eigenvalue weighted by Gasteiger charge is -2.34. The van der Waals surface area contributed by atoms with Crippen molar-refractivity contribution in [1.82, 2.24) is 10.2 Å². The van der Waals surface area contributed by atoms with Gasteiger partial charge < -0.3 is 10.2 Å². The van der Waals surface area contributed by atoms with Crippen LogP contribution in [0.1, 0.15) is 42.5 Å². The molecule has 7 nitrogen and oxygen atoms in total. The van der Waals surface area contributed by atoms with Gasteiger partial charge in [0.1, 0.15) is 12.6 Å². The molecular formula is C31H38ClN3O4S. The van der Waals surface area contributed by atoms with Gasteiger partial charge >= 0.3 is 0 Å². The van der Waals surface area contributed by atoms with E-state index in [2.05, 4.69) is 5.32 Å². The van der Waals surface area contributed by atoms with Crippen LogP contribution in [0.3, 0.4) is 0 Å². The number of nitrogens with one attached hydrogen (secondary N) is 1. The first-order chi connectivity index (χ1) is 18.9. The third kappa shape index (κ3) is 8.32. The zero-order valence-electron chi connectivity index (χ0n) is 23.7. The number of carbonyl (C=O) groups excluding carboxylic acids is 2. The maximum absolute atomic E-state index is 14.2. The highest BCUT2D eigenvalue weighted by molar-refractivity contribution is 7.92. The van der Waals surface area contributed by atoms with Crippen LogP contribution in [0.25, 0.3) is 0 Å². The fourth-order valence-corrected chi connectivity index (χ4v) is 5.59. The van der Waals surface area contributed by atoms with Crippen molar-refractivity contribution in [3.8, 4) is 0 Å². The molecule has 0 aliphatic carbocycles. The molecule has 0 unspecified atom stereocenters. The van der Waals surface area contributed by atoms with Gasteiger partial charge in [-0.3, -0.25) is 13.9 Å². The van der Waals surface area contributed by atoms with Crippen LogP contribution in [0.2, 0.25) is 5.02 Å². The summed E-state index contributed by atoms with van der Waals surface area (Å²) < 4.78 is 27.0. The second kappa shape index (κ2) is 13.8. The van der Waals surface area contributed by atoms with Crippen LogP contribution in [-0.2, 0) is 32.6 Å². The Morgan fingerprint density at radius 3 is 2.20 bits per heavy atom. The van der Waals surface area contributed by atoms with Gasteiger partial charge in [0.25, 0.3) is 0 Å². The minimum Gasteiger partial charge on any atom is -0.352 e. The Hall–Kier alpha value is -3.36. The maximum atomic E-state index is 14.2. The van der Waals surface area contributed by atoms with Crippen molar-refractivity contribution in [2.24, 2.45) is 0 Å². The molecule has 0 aliphatic heterocycles. The van der Waals surface area contributed by atoms with Crippen LogP contribution in [0.15, 0.2) is 72.8 Å². The van der Waals surface area contributed by atoms with Crippen LogP contribution >= 0.6 is 11.6 Å². The summed E-state index contributed by atoms with van der Waals surface area (Å²) in [7, 11) is -3.85. The van der Waals surface area contributed by atoms with E-state index in [4.69, 9.17) is 11.6 Å². The van der Waals surface area contributed by atoms with Crippen molar-refractivity contribution in [2.45, 2.75) is 59.2 Å². The third-order valence-corrected chi connectivity index (χ3v) is 8.34. The van der Waals surface area contributed by atoms with Gasteiger partial charge in [-0.25, -0.2) is 8.42 Å². The van der Waals surface area contributed by atoms with Gasteiger partial charge in [-0.1, -0.05) is 73.1 Å². The molecule has 3 aromatic carbocycles. The van der Waals surface area contributed by atoms with Crippen molar-refractivity contribution in [2.75, 3.05) is 17.1 Å². The molecule has 0 bridgehead atoms. The van der Waals surface area contributed by atoms with Gasteiger partial charge in [0, 0.05) is 24.0 Å². The number of amides is 2. The molecule has 0 spiro atoms. The molecule has 0 saturated heterocycles. The fourth-order valence-electron chi connectivity index (χ4n) is 4.46. The van der Waals surface area contributed by atoms with Crippen LogP contribution in [-0.4, -0.2) is 50.0 Å². The summed E-state index contributed by atoms with van der Waals surface area (Å²) >= 11 is 6.12. The van der Waals surface area contributed by atoms with Gasteiger partial charge in [0.2, 0.25) is 21.8 Å². The highest BCUT2D eigenvalue weighted by Crippen LogP contribution is 2.26. The highest BCUT2D eigenvalue weighted by atomic mass is 35.5. The molecule has 0 radical (unpaired) electrons. The van der Waals surface area contributed by atoms with E-state index in [9.17, 15) is 18.0 Å². The first-order valence-corrected chi connectivity index (χ1v) is 15.6. The van der Waals surface area contributed by atoms with Crippen LogP contribution in [0, 0.1) is 13.8 Å². The maximum Gasteiger partial charge on any atom is 0.244 e. The summed E-state index contributed by atoms with van der Waals surface area (Å²) in [5.74, 6) is -0.767. The van der Waals surface area contributed by atoms with Crippen LogP contribution < -0.4 is 9.62 Å². The summed E-state index contributed by atoms with van der Waals surface area (Å²) in [5.41, 5.74) is 3.71. The van der Waals surface area contributed by atoms with E-state index in [0.29, 0.717) is 16.3 Å². The number of hydrogen-bond donors (Lipinski definition) is 1. The number of anilines is 1. The third-order valence-electron chi connectivity index (χ3n) is 6.98. The largest absolute Gasteiger partial charge is 0.352 e. The van der Waals surface area contributed by atoms with Crippen molar-refractivity contribution < 1.29 is 18.0 Å². The van der Waals surface area contributed by atoms with E-state index >= 15 is 0 Å². The number of halogens is 1. The number of carbonyl (C=O) groups is 2. The summed E-state index contributed by atoms with van der Waals surface area (Å²) in [5, 5.41) is 3.50. The van der Waals surface area contributed by atoms with E-state index in [-0.39, 0.29) is 24.9 Å². The van der Waals surface area contributed by atoms with E-state index in [1.165, 1.54) is 4.90 Å². The zero-order chi connectivity index (χ0) is 29.4. The van der Waals surface area contributed by atoms with Gasteiger partial charge in [0.15, 0.2) is 0 Å². The van der Waals surface area contributed by atoms with Crippen molar-refractivity contribution in [3.05, 3.63) is 100 Å². The molecule has 214 valence electrons. The topological polar surface area (TPSA) is 86.8 Å². The second-order valence-corrected chi connectivity index (χ2v) is 12.5. The van der Waals surface area contributed by atoms with E-state index < -0.39 is 28.5 Å². The molecule has 40 heavy (non-hydrogen) atoms. The Bertz CT molecular complexity index is 1430. The normalized spacial score (nSPS) is 12.8. The molecule has 0 saturated carbocycles. The molecule has 0 aliphatic rings. The quantitative estimate of drug-likeness (QED) is 0.314. The lowest BCUT2D eigenvalue weighted by molar-refractivity contribution is -0.140. The molecule has 9 heteroatoms. The predicted octanol–water partition coefficient (Wildman–Crippen LogP) is 5.28. The number of rotatable bonds is 12. The first-order valence-electron chi connectivity index (χ1n) is 13.3. The Balaban J connectivity index is 2.09. The lowest BCUT2D eigenvalue weighted by atomic mass is 10.0. The van der Waals surface area contributed by atoms with Crippen molar-refractivity contribution >= 4 is 39.1 Å². The summed E-state index contributed by atoms with van der Waals surface area (Å²) in [6.45, 7) is 7.27. The standard InChI is InChI=1S/C31H38ClN3O4S/c1-6-24(4)33-31(37)29(19-25-13-8-7-9-14-25)34(20-26-15-11-10-12-22(26)2)30(36)21-35(40(5,38)39)28-17-16-27(32)18-23(28)3/h7-18,24,29H,6,19-21H2,1-5H3,(H,33,37)/t24-,29-/m1/s1. The molecule has 3 rings (SSSR count). The SMILES string of the molecule is CC[C@@H](C)NC(=O)[C@@H](Cc1ccccc1)N(Cc1ccccc1C)C(=O)CN(c1ccc(Cl)cc1C)S(C)(=O)=O. The van der Waals surface area contributed by atoms with E-state index in [0.717, 1.165) is 33.7 Å². The zero-order valence-corrected chi connectivity index (χ0v) is 25.3. The summed E-state index contributed by atoms with van der Waals surface area (Å²) in [6.07, 6.45) is 2.07. The molecule has 0 aromatic heterocycles. The Morgan fingerprint density at radius 2 is 1.60 bits per heavy atom. The predicted molar refractivity (Wildman–Crippen MR) is 162 cm³/mol. The molecule has 3 aromatic rings. The Morgan fingerprint density at radius 1 is 0.950 bits per heavy atom.